The normalized spacial score (nSPS) is 12.2. The summed E-state index contributed by atoms with van der Waals surface area (Å²) in [6.45, 7) is 0. The lowest BCUT2D eigenvalue weighted by Gasteiger charge is -2.13. The van der Waals surface area contributed by atoms with E-state index in [2.05, 4.69) is 15.9 Å². The molecular weight excluding hydrogens is 335 g/mol. The molecule has 0 saturated heterocycles. The van der Waals surface area contributed by atoms with Crippen LogP contribution in [0.15, 0.2) is 46.9 Å². The van der Waals surface area contributed by atoms with Crippen LogP contribution in [0.2, 0.25) is 5.02 Å². The molecule has 0 saturated carbocycles. The van der Waals surface area contributed by atoms with Crippen LogP contribution in [0.1, 0.15) is 16.5 Å². The topological polar surface area (TPSA) is 9.23 Å². The Hall–Kier alpha value is -0.700. The summed E-state index contributed by atoms with van der Waals surface area (Å²) < 4.78 is 6.12. The molecule has 4 heteroatoms. The molecular formula is C14H11BrCl2O. The van der Waals surface area contributed by atoms with Gasteiger partial charge >= 0.3 is 0 Å². The Morgan fingerprint density at radius 1 is 1.17 bits per heavy atom. The highest BCUT2D eigenvalue weighted by molar-refractivity contribution is 9.10. The Labute approximate surface area is 125 Å². The van der Waals surface area contributed by atoms with Gasteiger partial charge in [0.05, 0.1) is 12.5 Å². The van der Waals surface area contributed by atoms with Gasteiger partial charge in [0.1, 0.15) is 5.75 Å². The fourth-order valence-corrected chi connectivity index (χ4v) is 2.76. The molecule has 2 aromatic rings. The highest BCUT2D eigenvalue weighted by Crippen LogP contribution is 2.36. The lowest BCUT2D eigenvalue weighted by Crippen LogP contribution is -1.95. The average Bonchev–Trinajstić information content (AvgIpc) is 2.37. The van der Waals surface area contributed by atoms with E-state index in [0.717, 1.165) is 21.3 Å². The van der Waals surface area contributed by atoms with E-state index in [9.17, 15) is 0 Å². The van der Waals surface area contributed by atoms with E-state index in [1.807, 2.05) is 36.4 Å². The zero-order valence-corrected chi connectivity index (χ0v) is 12.8. The second kappa shape index (κ2) is 5.96. The van der Waals surface area contributed by atoms with Crippen molar-refractivity contribution < 1.29 is 4.74 Å². The Morgan fingerprint density at radius 3 is 2.56 bits per heavy atom. The third kappa shape index (κ3) is 3.00. The number of halogens is 3. The van der Waals surface area contributed by atoms with Crippen molar-refractivity contribution in [2.75, 3.05) is 7.11 Å². The Bertz CT molecular complexity index is 557. The van der Waals surface area contributed by atoms with E-state index in [-0.39, 0.29) is 5.38 Å². The van der Waals surface area contributed by atoms with Crippen molar-refractivity contribution in [1.29, 1.82) is 0 Å². The summed E-state index contributed by atoms with van der Waals surface area (Å²) in [5.41, 5.74) is 1.87. The zero-order chi connectivity index (χ0) is 13.1. The second-order valence-corrected chi connectivity index (χ2v) is 5.56. The molecule has 94 valence electrons. The minimum atomic E-state index is -0.277. The van der Waals surface area contributed by atoms with Crippen molar-refractivity contribution in [2.45, 2.75) is 5.38 Å². The van der Waals surface area contributed by atoms with Gasteiger partial charge in [-0.2, -0.15) is 0 Å². The van der Waals surface area contributed by atoms with Gasteiger partial charge in [-0.1, -0.05) is 45.7 Å². The van der Waals surface area contributed by atoms with Gasteiger partial charge in [0.25, 0.3) is 0 Å². The summed E-state index contributed by atoms with van der Waals surface area (Å²) in [7, 11) is 1.61. The number of alkyl halides is 1. The molecule has 0 spiro atoms. The number of rotatable bonds is 3. The summed E-state index contributed by atoms with van der Waals surface area (Å²) in [5.74, 6) is 0.724. The summed E-state index contributed by atoms with van der Waals surface area (Å²) in [5, 5.41) is 0.329. The fourth-order valence-electron chi connectivity index (χ4n) is 1.68. The van der Waals surface area contributed by atoms with Crippen molar-refractivity contribution in [3.05, 3.63) is 63.1 Å². The fraction of sp³-hybridized carbons (Fsp3) is 0.143. The maximum Gasteiger partial charge on any atom is 0.120 e. The minimum absolute atomic E-state index is 0.277. The van der Waals surface area contributed by atoms with Crippen LogP contribution < -0.4 is 4.74 Å². The molecule has 18 heavy (non-hydrogen) atoms. The molecule has 0 amide bonds. The molecule has 1 nitrogen and oxygen atoms in total. The minimum Gasteiger partial charge on any atom is -0.497 e. The molecule has 1 atom stereocenters. The highest BCUT2D eigenvalue weighted by Gasteiger charge is 2.15. The molecule has 1 unspecified atom stereocenters. The first kappa shape index (κ1) is 13.7. The molecule has 0 aliphatic heterocycles. The van der Waals surface area contributed by atoms with E-state index in [1.165, 1.54) is 0 Å². The van der Waals surface area contributed by atoms with Crippen LogP contribution in [0.3, 0.4) is 0 Å². The first-order valence-corrected chi connectivity index (χ1v) is 6.95. The first-order valence-electron chi connectivity index (χ1n) is 5.35. The lowest BCUT2D eigenvalue weighted by molar-refractivity contribution is 0.414. The summed E-state index contributed by atoms with van der Waals surface area (Å²) >= 11 is 16.1. The smallest absolute Gasteiger partial charge is 0.120 e. The predicted molar refractivity (Wildman–Crippen MR) is 79.8 cm³/mol. The van der Waals surface area contributed by atoms with Crippen LogP contribution in [0.25, 0.3) is 0 Å². The zero-order valence-electron chi connectivity index (χ0n) is 9.66. The third-order valence-corrected chi connectivity index (χ3v) is 3.93. The molecule has 0 radical (unpaired) electrons. The highest BCUT2D eigenvalue weighted by atomic mass is 79.9. The van der Waals surface area contributed by atoms with Crippen LogP contribution >= 0.6 is 39.1 Å². The number of ether oxygens (including phenoxy) is 1. The SMILES string of the molecule is COc1ccc(C(Cl)c2cccc(Br)c2)c(Cl)c1. The predicted octanol–water partition coefficient (Wildman–Crippen LogP) is 5.44. The molecule has 0 aromatic heterocycles. The van der Waals surface area contributed by atoms with Crippen molar-refractivity contribution in [1.82, 2.24) is 0 Å². The van der Waals surface area contributed by atoms with Crippen molar-refractivity contribution >= 4 is 39.1 Å². The standard InChI is InChI=1S/C14H11BrCl2O/c1-18-11-5-6-12(13(16)8-11)14(17)9-3-2-4-10(15)7-9/h2-8,14H,1H3. The third-order valence-electron chi connectivity index (χ3n) is 2.62. The summed E-state index contributed by atoms with van der Waals surface area (Å²) in [6, 6.07) is 13.4. The Kier molecular flexibility index (Phi) is 4.55. The van der Waals surface area contributed by atoms with Gasteiger partial charge in [-0.15, -0.1) is 11.6 Å². The maximum atomic E-state index is 6.46. The van der Waals surface area contributed by atoms with Gasteiger partial charge in [0.15, 0.2) is 0 Å². The molecule has 0 aliphatic carbocycles. The van der Waals surface area contributed by atoms with Gasteiger partial charge in [-0.05, 0) is 35.4 Å². The van der Waals surface area contributed by atoms with Crippen LogP contribution in [0.5, 0.6) is 5.75 Å². The molecule has 2 aromatic carbocycles. The van der Waals surface area contributed by atoms with Crippen molar-refractivity contribution in [3.63, 3.8) is 0 Å². The van der Waals surface area contributed by atoms with Gasteiger partial charge in [-0.3, -0.25) is 0 Å². The van der Waals surface area contributed by atoms with Gasteiger partial charge < -0.3 is 4.74 Å². The maximum absolute atomic E-state index is 6.46. The quantitative estimate of drug-likeness (QED) is 0.673. The molecule has 0 N–H and O–H groups in total. The van der Waals surface area contributed by atoms with Crippen LogP contribution in [0, 0.1) is 0 Å². The van der Waals surface area contributed by atoms with Gasteiger partial charge in [0.2, 0.25) is 0 Å². The van der Waals surface area contributed by atoms with Crippen LogP contribution in [0.4, 0.5) is 0 Å². The van der Waals surface area contributed by atoms with Crippen molar-refractivity contribution in [2.24, 2.45) is 0 Å². The molecule has 0 fully saturated rings. The summed E-state index contributed by atoms with van der Waals surface area (Å²) in [6.07, 6.45) is 0. The van der Waals surface area contributed by atoms with E-state index in [1.54, 1.807) is 13.2 Å². The number of benzene rings is 2. The number of hydrogen-bond acceptors (Lipinski definition) is 1. The van der Waals surface area contributed by atoms with Crippen LogP contribution in [-0.2, 0) is 0 Å². The molecule has 2 rings (SSSR count). The largest absolute Gasteiger partial charge is 0.497 e. The monoisotopic (exact) mass is 344 g/mol. The molecule has 0 bridgehead atoms. The Balaban J connectivity index is 2.37. The van der Waals surface area contributed by atoms with E-state index in [4.69, 9.17) is 27.9 Å². The van der Waals surface area contributed by atoms with E-state index in [0.29, 0.717) is 5.02 Å². The number of methoxy groups -OCH3 is 1. The van der Waals surface area contributed by atoms with Gasteiger partial charge in [-0.25, -0.2) is 0 Å². The molecule has 0 aliphatic rings. The van der Waals surface area contributed by atoms with Crippen LogP contribution in [-0.4, -0.2) is 7.11 Å². The first-order chi connectivity index (χ1) is 8.61. The van der Waals surface area contributed by atoms with E-state index >= 15 is 0 Å². The molecule has 0 heterocycles. The lowest BCUT2D eigenvalue weighted by atomic mass is 10.0. The van der Waals surface area contributed by atoms with E-state index < -0.39 is 0 Å². The average molecular weight is 346 g/mol. The van der Waals surface area contributed by atoms with Gasteiger partial charge in [0, 0.05) is 9.50 Å². The Morgan fingerprint density at radius 2 is 1.94 bits per heavy atom. The van der Waals surface area contributed by atoms with Crippen molar-refractivity contribution in [3.8, 4) is 5.75 Å². The number of hydrogen-bond donors (Lipinski definition) is 0. The second-order valence-electron chi connectivity index (χ2n) is 3.81. The summed E-state index contributed by atoms with van der Waals surface area (Å²) in [4.78, 5) is 0.